The summed E-state index contributed by atoms with van der Waals surface area (Å²) in [5, 5.41) is 3.15. The van der Waals surface area contributed by atoms with Gasteiger partial charge in [-0.05, 0) is 24.5 Å². The zero-order valence-electron chi connectivity index (χ0n) is 18.3. The molecule has 0 saturated carbocycles. The molecule has 1 N–H and O–H groups in total. The van der Waals surface area contributed by atoms with Crippen LogP contribution in [-0.2, 0) is 16.6 Å². The van der Waals surface area contributed by atoms with Gasteiger partial charge in [-0.15, -0.1) is 0 Å². The number of aromatic nitrogens is 1. The Morgan fingerprint density at radius 3 is 2.03 bits per heavy atom. The molecule has 4 heteroatoms. The first-order valence-corrected chi connectivity index (χ1v) is 11.0. The van der Waals surface area contributed by atoms with Crippen molar-refractivity contribution in [3.8, 4) is 11.3 Å². The lowest BCUT2D eigenvalue weighted by molar-refractivity contribution is -0.121. The van der Waals surface area contributed by atoms with Crippen molar-refractivity contribution in [1.29, 1.82) is 0 Å². The van der Waals surface area contributed by atoms with Gasteiger partial charge in [0.15, 0.2) is 11.7 Å². The smallest absolute Gasteiger partial charge is 0.220 e. The maximum atomic E-state index is 12.6. The van der Waals surface area contributed by atoms with Gasteiger partial charge in [-0.25, -0.2) is 4.98 Å². The van der Waals surface area contributed by atoms with Crippen LogP contribution in [-0.4, -0.2) is 17.4 Å². The lowest BCUT2D eigenvalue weighted by atomic mass is 9.76. The van der Waals surface area contributed by atoms with Crippen LogP contribution in [0.25, 0.3) is 11.3 Å². The minimum absolute atomic E-state index is 0.0397. The number of hydrogen-bond donors (Lipinski definition) is 1. The van der Waals surface area contributed by atoms with Crippen LogP contribution in [0.15, 0.2) is 102 Å². The quantitative estimate of drug-likeness (QED) is 0.370. The predicted molar refractivity (Wildman–Crippen MR) is 127 cm³/mol. The molecule has 0 saturated heterocycles. The van der Waals surface area contributed by atoms with E-state index < -0.39 is 0 Å². The molecule has 3 aromatic carbocycles. The van der Waals surface area contributed by atoms with Crippen LogP contribution in [0.4, 0.5) is 0 Å². The van der Waals surface area contributed by atoms with Crippen molar-refractivity contribution >= 4 is 5.91 Å². The van der Waals surface area contributed by atoms with Crippen molar-refractivity contribution in [2.24, 2.45) is 0 Å². The van der Waals surface area contributed by atoms with Crippen LogP contribution >= 0.6 is 0 Å². The number of rotatable bonds is 9. The number of benzene rings is 3. The van der Waals surface area contributed by atoms with E-state index >= 15 is 0 Å². The summed E-state index contributed by atoms with van der Waals surface area (Å²) >= 11 is 0. The Morgan fingerprint density at radius 1 is 0.875 bits per heavy atom. The van der Waals surface area contributed by atoms with Crippen molar-refractivity contribution in [3.05, 3.63) is 114 Å². The number of nitrogens with one attached hydrogen (secondary N) is 1. The van der Waals surface area contributed by atoms with Crippen LogP contribution < -0.4 is 5.32 Å². The van der Waals surface area contributed by atoms with Crippen LogP contribution in [0.2, 0.25) is 0 Å². The first kappa shape index (κ1) is 21.6. The zero-order chi connectivity index (χ0) is 22.2. The molecule has 0 aliphatic rings. The Hall–Kier alpha value is -3.66. The summed E-state index contributed by atoms with van der Waals surface area (Å²) < 4.78 is 5.84. The molecule has 0 radical (unpaired) electrons. The monoisotopic (exact) mass is 424 g/mol. The third-order valence-electron chi connectivity index (χ3n) is 5.87. The van der Waals surface area contributed by atoms with Crippen molar-refractivity contribution in [2.75, 3.05) is 6.54 Å². The molecule has 4 nitrogen and oxygen atoms in total. The normalized spacial score (nSPS) is 11.3. The van der Waals surface area contributed by atoms with Gasteiger partial charge < -0.3 is 9.73 Å². The fourth-order valence-electron chi connectivity index (χ4n) is 3.91. The SMILES string of the molecule is CC(CNC(=O)CCCc1ncc(-c2ccccc2)o1)(c1ccccc1)c1ccccc1. The summed E-state index contributed by atoms with van der Waals surface area (Å²) in [6.45, 7) is 2.72. The first-order valence-electron chi connectivity index (χ1n) is 11.0. The summed E-state index contributed by atoms with van der Waals surface area (Å²) in [6.07, 6.45) is 3.50. The van der Waals surface area contributed by atoms with Gasteiger partial charge in [0.05, 0.1) is 6.20 Å². The fourth-order valence-corrected chi connectivity index (χ4v) is 3.91. The van der Waals surface area contributed by atoms with Gasteiger partial charge in [-0.1, -0.05) is 91.0 Å². The number of carbonyl (C=O) groups excluding carboxylic acids is 1. The average molecular weight is 425 g/mol. The standard InChI is InChI=1S/C28H28N2O2/c1-28(23-14-7-3-8-15-23,24-16-9-4-10-17-24)21-30-26(31)18-11-19-27-29-20-25(32-27)22-12-5-2-6-13-22/h2-10,12-17,20H,11,18-19,21H2,1H3,(H,30,31). The van der Waals surface area contributed by atoms with Crippen molar-refractivity contribution in [1.82, 2.24) is 10.3 Å². The lowest BCUT2D eigenvalue weighted by Crippen LogP contribution is -2.39. The minimum Gasteiger partial charge on any atom is -0.441 e. The Kier molecular flexibility index (Phi) is 6.81. The molecule has 0 spiro atoms. The van der Waals surface area contributed by atoms with Crippen molar-refractivity contribution in [3.63, 3.8) is 0 Å². The van der Waals surface area contributed by atoms with Gasteiger partial charge in [0.2, 0.25) is 5.91 Å². The third-order valence-corrected chi connectivity index (χ3v) is 5.87. The van der Waals surface area contributed by atoms with E-state index in [9.17, 15) is 4.79 Å². The molecule has 0 fully saturated rings. The van der Waals surface area contributed by atoms with Gasteiger partial charge in [0.25, 0.3) is 0 Å². The molecule has 1 aromatic heterocycles. The highest BCUT2D eigenvalue weighted by molar-refractivity contribution is 5.76. The molecule has 0 bridgehead atoms. The summed E-state index contributed by atoms with van der Waals surface area (Å²) in [6, 6.07) is 30.6. The number of oxazole rings is 1. The van der Waals surface area contributed by atoms with Crippen LogP contribution in [0, 0.1) is 0 Å². The maximum absolute atomic E-state index is 12.6. The second-order valence-corrected chi connectivity index (χ2v) is 8.18. The first-order chi connectivity index (χ1) is 15.6. The minimum atomic E-state index is -0.300. The molecule has 1 amide bonds. The van der Waals surface area contributed by atoms with Crippen LogP contribution in [0.3, 0.4) is 0 Å². The molecular weight excluding hydrogens is 396 g/mol. The average Bonchev–Trinajstić information content (AvgIpc) is 3.33. The van der Waals surface area contributed by atoms with Crippen molar-refractivity contribution in [2.45, 2.75) is 31.6 Å². The number of aryl methyl sites for hydroxylation is 1. The Bertz CT molecular complexity index is 1080. The van der Waals surface area contributed by atoms with E-state index in [-0.39, 0.29) is 11.3 Å². The van der Waals surface area contributed by atoms with E-state index in [0.29, 0.717) is 31.7 Å². The highest BCUT2D eigenvalue weighted by atomic mass is 16.4. The van der Waals surface area contributed by atoms with Gasteiger partial charge in [0, 0.05) is 30.4 Å². The Morgan fingerprint density at radius 2 is 1.44 bits per heavy atom. The van der Waals surface area contributed by atoms with E-state index in [4.69, 9.17) is 4.42 Å². The second kappa shape index (κ2) is 10.1. The van der Waals surface area contributed by atoms with Gasteiger partial charge in [-0.3, -0.25) is 4.79 Å². The van der Waals surface area contributed by atoms with E-state index in [2.05, 4.69) is 41.5 Å². The van der Waals surface area contributed by atoms with Crippen LogP contribution in [0.1, 0.15) is 36.8 Å². The molecule has 0 aliphatic heterocycles. The molecule has 4 aromatic rings. The summed E-state index contributed by atoms with van der Waals surface area (Å²) in [5.74, 6) is 1.46. The molecule has 1 heterocycles. The summed E-state index contributed by atoms with van der Waals surface area (Å²) in [5.41, 5.74) is 3.07. The molecule has 0 atom stereocenters. The zero-order valence-corrected chi connectivity index (χ0v) is 18.3. The lowest BCUT2D eigenvalue weighted by Gasteiger charge is -2.31. The summed E-state index contributed by atoms with van der Waals surface area (Å²) in [7, 11) is 0. The highest BCUT2D eigenvalue weighted by Gasteiger charge is 2.29. The molecule has 4 rings (SSSR count). The molecule has 0 aliphatic carbocycles. The van der Waals surface area contributed by atoms with E-state index in [1.807, 2.05) is 66.7 Å². The maximum Gasteiger partial charge on any atom is 0.220 e. The largest absolute Gasteiger partial charge is 0.441 e. The topological polar surface area (TPSA) is 55.1 Å². The molecular formula is C28H28N2O2. The summed E-state index contributed by atoms with van der Waals surface area (Å²) in [4.78, 5) is 17.0. The second-order valence-electron chi connectivity index (χ2n) is 8.18. The molecule has 0 unspecified atom stereocenters. The van der Waals surface area contributed by atoms with Gasteiger partial charge in [0.1, 0.15) is 0 Å². The molecule has 162 valence electrons. The number of amides is 1. The predicted octanol–water partition coefficient (Wildman–Crippen LogP) is 5.79. The Balaban J connectivity index is 1.33. The van der Waals surface area contributed by atoms with E-state index in [1.165, 1.54) is 11.1 Å². The number of hydrogen-bond acceptors (Lipinski definition) is 3. The van der Waals surface area contributed by atoms with E-state index in [0.717, 1.165) is 11.3 Å². The molecule has 32 heavy (non-hydrogen) atoms. The van der Waals surface area contributed by atoms with E-state index in [1.54, 1.807) is 6.20 Å². The number of carbonyl (C=O) groups is 1. The van der Waals surface area contributed by atoms with Gasteiger partial charge in [-0.2, -0.15) is 0 Å². The fraction of sp³-hybridized carbons (Fsp3) is 0.214. The number of nitrogens with zero attached hydrogens (tertiary/aromatic N) is 1. The van der Waals surface area contributed by atoms with Gasteiger partial charge >= 0.3 is 0 Å². The highest BCUT2D eigenvalue weighted by Crippen LogP contribution is 2.31. The Labute approximate surface area is 189 Å². The van der Waals surface area contributed by atoms with Crippen LogP contribution in [0.5, 0.6) is 0 Å². The third kappa shape index (κ3) is 5.14. The van der Waals surface area contributed by atoms with Crippen molar-refractivity contribution < 1.29 is 9.21 Å².